The van der Waals surface area contributed by atoms with Crippen molar-refractivity contribution in [2.24, 2.45) is 11.3 Å². The number of nitrogens with one attached hydrogen (secondary N) is 2. The summed E-state index contributed by atoms with van der Waals surface area (Å²) in [5.41, 5.74) is 1.92. The van der Waals surface area contributed by atoms with Crippen molar-refractivity contribution in [3.05, 3.63) is 35.4 Å². The molecule has 1 aliphatic heterocycles. The quantitative estimate of drug-likeness (QED) is 0.817. The summed E-state index contributed by atoms with van der Waals surface area (Å²) in [7, 11) is 0. The number of likely N-dealkylation sites (tertiary alicyclic amines) is 1. The zero-order valence-electron chi connectivity index (χ0n) is 16.6. The molecular weight excluding hydrogens is 326 g/mol. The molecule has 0 aliphatic carbocycles. The van der Waals surface area contributed by atoms with Gasteiger partial charge in [0.15, 0.2) is 0 Å². The fraction of sp³-hybridized carbons (Fsp3) is 0.619. The molecule has 2 N–H and O–H groups in total. The number of urea groups is 1. The van der Waals surface area contributed by atoms with Gasteiger partial charge < -0.3 is 15.5 Å². The minimum atomic E-state index is -0.403. The third kappa shape index (κ3) is 5.75. The van der Waals surface area contributed by atoms with Crippen LogP contribution < -0.4 is 10.6 Å². The van der Waals surface area contributed by atoms with Crippen molar-refractivity contribution in [3.63, 3.8) is 0 Å². The number of benzene rings is 1. The van der Waals surface area contributed by atoms with Crippen LogP contribution in [-0.2, 0) is 11.3 Å². The van der Waals surface area contributed by atoms with E-state index in [-0.39, 0.29) is 11.9 Å². The molecule has 0 atom stereocenters. The lowest BCUT2D eigenvalue weighted by molar-refractivity contribution is -0.132. The average Bonchev–Trinajstić information content (AvgIpc) is 2.61. The molecular formula is C21H33N3O2. The Morgan fingerprint density at radius 3 is 2.31 bits per heavy atom. The van der Waals surface area contributed by atoms with Crippen molar-refractivity contribution < 1.29 is 9.59 Å². The number of carbonyl (C=O) groups excluding carboxylic acids is 2. The monoisotopic (exact) mass is 359 g/mol. The van der Waals surface area contributed by atoms with E-state index in [1.165, 1.54) is 5.56 Å². The first kappa shape index (κ1) is 20.3. The largest absolute Gasteiger partial charge is 0.352 e. The number of hydrogen-bond donors (Lipinski definition) is 2. The van der Waals surface area contributed by atoms with Gasteiger partial charge in [-0.1, -0.05) is 50.6 Å². The van der Waals surface area contributed by atoms with Crippen LogP contribution in [0.1, 0.15) is 51.2 Å². The van der Waals surface area contributed by atoms with Gasteiger partial charge in [-0.15, -0.1) is 0 Å². The highest BCUT2D eigenvalue weighted by Gasteiger charge is 2.37. The molecule has 1 heterocycles. The molecule has 1 fully saturated rings. The summed E-state index contributed by atoms with van der Waals surface area (Å²) in [6.07, 6.45) is 2.38. The van der Waals surface area contributed by atoms with Gasteiger partial charge >= 0.3 is 6.03 Å². The molecule has 144 valence electrons. The molecule has 0 radical (unpaired) electrons. The molecule has 5 nitrogen and oxygen atoms in total. The number of nitrogens with zero attached hydrogens (tertiary/aromatic N) is 1. The van der Waals surface area contributed by atoms with E-state index >= 15 is 0 Å². The minimum absolute atomic E-state index is 0.00670. The Kier molecular flexibility index (Phi) is 7.06. The van der Waals surface area contributed by atoms with E-state index in [2.05, 4.69) is 43.5 Å². The van der Waals surface area contributed by atoms with E-state index in [0.29, 0.717) is 44.9 Å². The van der Waals surface area contributed by atoms with Gasteiger partial charge in [0.2, 0.25) is 5.91 Å². The lowest BCUT2D eigenvalue weighted by Gasteiger charge is -2.38. The van der Waals surface area contributed by atoms with Crippen molar-refractivity contribution in [1.82, 2.24) is 15.5 Å². The molecule has 1 aromatic rings. The van der Waals surface area contributed by atoms with Crippen LogP contribution in [0, 0.1) is 18.3 Å². The highest BCUT2D eigenvalue weighted by atomic mass is 16.2. The Bertz CT molecular complexity index is 602. The number of rotatable bonds is 6. The maximum atomic E-state index is 12.7. The standard InChI is InChI=1S/C21H33N3O2/c1-16(2)9-12-22-20(26)24-13-10-21(4,11-14-24)19(25)23-15-18-7-5-17(3)6-8-18/h5-8,16H,9-15H2,1-4H3,(H,22,26)(H,23,25). The van der Waals surface area contributed by atoms with Crippen molar-refractivity contribution in [2.75, 3.05) is 19.6 Å². The maximum Gasteiger partial charge on any atom is 0.317 e. The summed E-state index contributed by atoms with van der Waals surface area (Å²) in [6.45, 7) is 10.9. The van der Waals surface area contributed by atoms with Crippen LogP contribution in [0.25, 0.3) is 0 Å². The van der Waals surface area contributed by atoms with Gasteiger partial charge in [-0.25, -0.2) is 4.79 Å². The Labute approximate surface area is 157 Å². The molecule has 0 bridgehead atoms. The maximum absolute atomic E-state index is 12.7. The van der Waals surface area contributed by atoms with Crippen LogP contribution in [0.5, 0.6) is 0 Å². The third-order valence-electron chi connectivity index (χ3n) is 5.27. The summed E-state index contributed by atoms with van der Waals surface area (Å²) in [5, 5.41) is 6.04. The predicted octanol–water partition coefficient (Wildman–Crippen LogP) is 3.47. The zero-order valence-corrected chi connectivity index (χ0v) is 16.6. The normalized spacial score (nSPS) is 16.4. The number of piperidine rings is 1. The third-order valence-corrected chi connectivity index (χ3v) is 5.27. The minimum Gasteiger partial charge on any atom is -0.352 e. The van der Waals surface area contributed by atoms with Gasteiger partial charge in [0.05, 0.1) is 0 Å². The molecule has 0 saturated carbocycles. The van der Waals surface area contributed by atoms with E-state index in [9.17, 15) is 9.59 Å². The molecule has 2 rings (SSSR count). The van der Waals surface area contributed by atoms with E-state index < -0.39 is 5.41 Å². The van der Waals surface area contributed by atoms with Crippen LogP contribution in [0.2, 0.25) is 0 Å². The second-order valence-electron chi connectivity index (χ2n) is 8.13. The number of hydrogen-bond acceptors (Lipinski definition) is 2. The molecule has 0 unspecified atom stereocenters. The fourth-order valence-corrected chi connectivity index (χ4v) is 3.11. The van der Waals surface area contributed by atoms with Gasteiger partial charge in [0.25, 0.3) is 0 Å². The van der Waals surface area contributed by atoms with Gasteiger partial charge in [-0.05, 0) is 37.7 Å². The van der Waals surface area contributed by atoms with Crippen LogP contribution in [0.3, 0.4) is 0 Å². The molecule has 0 spiro atoms. The first-order valence-electron chi connectivity index (χ1n) is 9.67. The average molecular weight is 360 g/mol. The van der Waals surface area contributed by atoms with Crippen molar-refractivity contribution in [1.29, 1.82) is 0 Å². The number of amides is 3. The fourth-order valence-electron chi connectivity index (χ4n) is 3.11. The Morgan fingerprint density at radius 2 is 1.73 bits per heavy atom. The van der Waals surface area contributed by atoms with E-state index in [1.807, 2.05) is 24.0 Å². The van der Waals surface area contributed by atoms with Crippen LogP contribution in [0.4, 0.5) is 4.79 Å². The Balaban J connectivity index is 1.77. The topological polar surface area (TPSA) is 61.4 Å². The zero-order chi connectivity index (χ0) is 19.2. The second-order valence-corrected chi connectivity index (χ2v) is 8.13. The summed E-state index contributed by atoms with van der Waals surface area (Å²) in [5.74, 6) is 0.662. The van der Waals surface area contributed by atoms with E-state index in [0.717, 1.165) is 12.0 Å². The summed E-state index contributed by atoms with van der Waals surface area (Å²) in [6, 6.07) is 8.19. The smallest absolute Gasteiger partial charge is 0.317 e. The van der Waals surface area contributed by atoms with Crippen molar-refractivity contribution in [3.8, 4) is 0 Å². The van der Waals surface area contributed by atoms with E-state index in [1.54, 1.807) is 0 Å². The highest BCUT2D eigenvalue weighted by Crippen LogP contribution is 2.31. The van der Waals surface area contributed by atoms with Gasteiger partial charge in [0, 0.05) is 31.6 Å². The summed E-state index contributed by atoms with van der Waals surface area (Å²) < 4.78 is 0. The Morgan fingerprint density at radius 1 is 1.12 bits per heavy atom. The lowest BCUT2D eigenvalue weighted by atomic mass is 9.79. The SMILES string of the molecule is Cc1ccc(CNC(=O)C2(C)CCN(C(=O)NCCC(C)C)CC2)cc1. The molecule has 1 aliphatic rings. The molecule has 5 heteroatoms. The molecule has 26 heavy (non-hydrogen) atoms. The van der Waals surface area contributed by atoms with Crippen LogP contribution >= 0.6 is 0 Å². The number of carbonyl (C=O) groups is 2. The summed E-state index contributed by atoms with van der Waals surface area (Å²) in [4.78, 5) is 26.7. The van der Waals surface area contributed by atoms with Crippen molar-refractivity contribution >= 4 is 11.9 Å². The van der Waals surface area contributed by atoms with Gasteiger partial charge in [-0.2, -0.15) is 0 Å². The summed E-state index contributed by atoms with van der Waals surface area (Å²) >= 11 is 0. The number of aryl methyl sites for hydroxylation is 1. The highest BCUT2D eigenvalue weighted by molar-refractivity contribution is 5.83. The first-order chi connectivity index (χ1) is 12.3. The molecule has 1 saturated heterocycles. The lowest BCUT2D eigenvalue weighted by Crippen LogP contribution is -2.51. The second kappa shape index (κ2) is 9.06. The van der Waals surface area contributed by atoms with Gasteiger partial charge in [-0.3, -0.25) is 4.79 Å². The van der Waals surface area contributed by atoms with Crippen LogP contribution in [0.15, 0.2) is 24.3 Å². The molecule has 3 amide bonds. The van der Waals surface area contributed by atoms with Gasteiger partial charge in [0.1, 0.15) is 0 Å². The predicted molar refractivity (Wildman–Crippen MR) is 105 cm³/mol. The molecule has 1 aromatic carbocycles. The van der Waals surface area contributed by atoms with E-state index in [4.69, 9.17) is 0 Å². The van der Waals surface area contributed by atoms with Crippen molar-refractivity contribution in [2.45, 2.75) is 53.5 Å². The van der Waals surface area contributed by atoms with Crippen LogP contribution in [-0.4, -0.2) is 36.5 Å². The Hall–Kier alpha value is -2.04. The molecule has 0 aromatic heterocycles. The first-order valence-corrected chi connectivity index (χ1v) is 9.67.